The third-order valence-electron chi connectivity index (χ3n) is 5.65. The number of ketones is 1. The largest absolute Gasteiger partial charge is 0.307 e. The number of carbonyl (C=O) groups is 1. The molecule has 1 N–H and O–H groups in total. The summed E-state index contributed by atoms with van der Waals surface area (Å²) < 4.78 is 1.21. The van der Waals surface area contributed by atoms with Crippen molar-refractivity contribution in [2.24, 2.45) is 5.92 Å². The van der Waals surface area contributed by atoms with E-state index in [1.807, 2.05) is 17.4 Å². The first-order valence-electron chi connectivity index (χ1n) is 10.7. The highest BCUT2D eigenvalue weighted by molar-refractivity contribution is 7.22. The summed E-state index contributed by atoms with van der Waals surface area (Å²) in [4.78, 5) is 20.3. The molecule has 0 aliphatic carbocycles. The first-order valence-corrected chi connectivity index (χ1v) is 12.3. The van der Waals surface area contributed by atoms with Gasteiger partial charge < -0.3 is 5.32 Å². The van der Waals surface area contributed by atoms with Crippen molar-refractivity contribution in [3.8, 4) is 10.6 Å². The van der Waals surface area contributed by atoms with Crippen molar-refractivity contribution in [1.29, 1.82) is 0 Å². The molecule has 0 saturated heterocycles. The lowest BCUT2D eigenvalue weighted by atomic mass is 9.94. The summed E-state index contributed by atoms with van der Waals surface area (Å²) in [6.45, 7) is 8.93. The quantitative estimate of drug-likeness (QED) is 0.465. The van der Waals surface area contributed by atoms with E-state index in [4.69, 9.17) is 4.98 Å². The fraction of sp³-hybridized carbons (Fsp3) is 0.500. The molecule has 0 spiro atoms. The summed E-state index contributed by atoms with van der Waals surface area (Å²) in [7, 11) is 0. The van der Waals surface area contributed by atoms with Gasteiger partial charge in [-0.3, -0.25) is 4.79 Å². The molecule has 3 nitrogen and oxygen atoms in total. The molecular formula is C24H30N2OS2. The summed E-state index contributed by atoms with van der Waals surface area (Å²) in [5.74, 6) is 1.02. The van der Waals surface area contributed by atoms with Gasteiger partial charge in [-0.2, -0.15) is 0 Å². The maximum Gasteiger partial charge on any atom is 0.138 e. The number of benzene rings is 1. The Morgan fingerprint density at radius 2 is 2.03 bits per heavy atom. The Balaban J connectivity index is 1.70. The topological polar surface area (TPSA) is 42.0 Å². The molecule has 0 radical (unpaired) electrons. The number of rotatable bonds is 7. The highest BCUT2D eigenvalue weighted by atomic mass is 32.1. The molecule has 1 aliphatic heterocycles. The SMILES string of the molecule is CC(C)CCCC(=O)Cc1sc2c(c1-c1nc3ccccc3s1)C[C@H](C)N[C@@H]2C. The van der Waals surface area contributed by atoms with Gasteiger partial charge in [0.05, 0.1) is 10.2 Å². The predicted octanol–water partition coefficient (Wildman–Crippen LogP) is 6.56. The Morgan fingerprint density at radius 3 is 2.79 bits per heavy atom. The zero-order chi connectivity index (χ0) is 20.5. The molecule has 3 heterocycles. The van der Waals surface area contributed by atoms with Crippen LogP contribution < -0.4 is 5.32 Å². The standard InChI is InChI=1S/C24H30N2OS2/c1-14(2)8-7-9-17(27)13-21-22(18-12-15(3)25-16(4)23(18)28-21)24-26-19-10-5-6-11-20(19)29-24/h5-6,10-11,14-16,25H,7-9,12-13H2,1-4H3/t15-,16+/m0/s1. The van der Waals surface area contributed by atoms with Crippen molar-refractivity contribution in [3.05, 3.63) is 39.6 Å². The van der Waals surface area contributed by atoms with Gasteiger partial charge >= 0.3 is 0 Å². The minimum absolute atomic E-state index is 0.330. The number of hydrogen-bond donors (Lipinski definition) is 1. The molecule has 0 unspecified atom stereocenters. The van der Waals surface area contributed by atoms with Crippen LogP contribution in [0.5, 0.6) is 0 Å². The molecule has 1 aromatic carbocycles. The second-order valence-corrected chi connectivity index (χ2v) is 10.9. The van der Waals surface area contributed by atoms with Crippen molar-refractivity contribution in [1.82, 2.24) is 10.3 Å². The number of aromatic nitrogens is 1. The molecule has 2 atom stereocenters. The van der Waals surface area contributed by atoms with E-state index < -0.39 is 0 Å². The summed E-state index contributed by atoms with van der Waals surface area (Å²) in [6, 6.07) is 9.10. The van der Waals surface area contributed by atoms with Gasteiger partial charge in [-0.15, -0.1) is 22.7 Å². The molecule has 4 rings (SSSR count). The van der Waals surface area contributed by atoms with Crippen LogP contribution in [0.4, 0.5) is 0 Å². The van der Waals surface area contributed by atoms with Crippen molar-refractivity contribution in [3.63, 3.8) is 0 Å². The van der Waals surface area contributed by atoms with E-state index in [0.717, 1.165) is 29.8 Å². The molecule has 3 aromatic rings. The van der Waals surface area contributed by atoms with Gasteiger partial charge in [0.25, 0.3) is 0 Å². The zero-order valence-corrected chi connectivity index (χ0v) is 19.4. The maximum absolute atomic E-state index is 12.8. The Hall–Kier alpha value is -1.56. The summed E-state index contributed by atoms with van der Waals surface area (Å²) in [5, 5.41) is 4.74. The van der Waals surface area contributed by atoms with Crippen molar-refractivity contribution in [2.45, 2.75) is 71.9 Å². The van der Waals surface area contributed by atoms with E-state index in [1.165, 1.54) is 25.6 Å². The average molecular weight is 427 g/mol. The number of nitrogens with one attached hydrogen (secondary N) is 1. The molecule has 1 aliphatic rings. The van der Waals surface area contributed by atoms with Gasteiger partial charge in [0.1, 0.15) is 10.8 Å². The summed E-state index contributed by atoms with van der Waals surface area (Å²) in [6.07, 6.45) is 4.35. The Labute approximate surface area is 181 Å². The number of Topliss-reactive ketones (excluding diaryl/α,β-unsaturated/α-hetero) is 1. The van der Waals surface area contributed by atoms with Crippen LogP contribution in [0.25, 0.3) is 20.8 Å². The van der Waals surface area contributed by atoms with E-state index in [9.17, 15) is 4.79 Å². The summed E-state index contributed by atoms with van der Waals surface area (Å²) >= 11 is 3.59. The minimum Gasteiger partial charge on any atom is -0.307 e. The van der Waals surface area contributed by atoms with Gasteiger partial charge in [0, 0.05) is 40.2 Å². The van der Waals surface area contributed by atoms with Gasteiger partial charge in [0.2, 0.25) is 0 Å². The lowest BCUT2D eigenvalue weighted by Crippen LogP contribution is -2.35. The van der Waals surface area contributed by atoms with Crippen molar-refractivity contribution in [2.75, 3.05) is 0 Å². The second-order valence-electron chi connectivity index (χ2n) is 8.72. The van der Waals surface area contributed by atoms with Gasteiger partial charge in [0.15, 0.2) is 0 Å². The first-order chi connectivity index (χ1) is 13.9. The second kappa shape index (κ2) is 8.66. The number of thiazole rings is 1. The van der Waals surface area contributed by atoms with Crippen LogP contribution in [-0.2, 0) is 17.6 Å². The molecule has 154 valence electrons. The van der Waals surface area contributed by atoms with Crippen LogP contribution in [0.2, 0.25) is 0 Å². The monoisotopic (exact) mass is 426 g/mol. The van der Waals surface area contributed by atoms with Crippen LogP contribution in [0, 0.1) is 5.92 Å². The number of nitrogens with zero attached hydrogens (tertiary/aromatic N) is 1. The molecule has 5 heteroatoms. The highest BCUT2D eigenvalue weighted by Gasteiger charge is 2.30. The molecule has 29 heavy (non-hydrogen) atoms. The van der Waals surface area contributed by atoms with Crippen LogP contribution in [0.15, 0.2) is 24.3 Å². The predicted molar refractivity (Wildman–Crippen MR) is 125 cm³/mol. The Bertz CT molecular complexity index is 984. The number of thiophene rings is 1. The molecule has 2 aromatic heterocycles. The fourth-order valence-electron chi connectivity index (χ4n) is 4.28. The van der Waals surface area contributed by atoms with E-state index >= 15 is 0 Å². The Kier molecular flexibility index (Phi) is 6.19. The maximum atomic E-state index is 12.8. The molecule has 0 fully saturated rings. The van der Waals surface area contributed by atoms with E-state index in [-0.39, 0.29) is 0 Å². The van der Waals surface area contributed by atoms with Crippen molar-refractivity contribution < 1.29 is 4.79 Å². The highest BCUT2D eigenvalue weighted by Crippen LogP contribution is 2.45. The van der Waals surface area contributed by atoms with Gasteiger partial charge in [-0.1, -0.05) is 32.4 Å². The zero-order valence-electron chi connectivity index (χ0n) is 17.7. The van der Waals surface area contributed by atoms with Crippen LogP contribution in [0.1, 0.15) is 68.3 Å². The average Bonchev–Trinajstić information content (AvgIpc) is 3.22. The smallest absolute Gasteiger partial charge is 0.138 e. The van der Waals surface area contributed by atoms with Crippen LogP contribution >= 0.6 is 22.7 Å². The summed E-state index contributed by atoms with van der Waals surface area (Å²) in [5.41, 5.74) is 3.72. The van der Waals surface area contributed by atoms with E-state index in [0.29, 0.717) is 36.6 Å². The molecule has 0 bridgehead atoms. The number of fused-ring (bicyclic) bond motifs is 2. The molecule has 0 amide bonds. The number of hydrogen-bond acceptors (Lipinski definition) is 5. The lowest BCUT2D eigenvalue weighted by molar-refractivity contribution is -0.118. The fourth-order valence-corrected chi connectivity index (χ4v) is 6.79. The number of carbonyl (C=O) groups excluding carboxylic acids is 1. The third kappa shape index (κ3) is 4.47. The molecule has 0 saturated carbocycles. The van der Waals surface area contributed by atoms with Crippen molar-refractivity contribution >= 4 is 38.7 Å². The van der Waals surface area contributed by atoms with Crippen LogP contribution in [0.3, 0.4) is 0 Å². The Morgan fingerprint density at radius 1 is 1.24 bits per heavy atom. The normalized spacial score (nSPS) is 19.1. The molecular weight excluding hydrogens is 396 g/mol. The lowest BCUT2D eigenvalue weighted by Gasteiger charge is -2.26. The van der Waals surface area contributed by atoms with Gasteiger partial charge in [-0.05, 0) is 50.3 Å². The first kappa shape index (κ1) is 20.7. The minimum atomic E-state index is 0.330. The van der Waals surface area contributed by atoms with E-state index in [1.54, 1.807) is 11.3 Å². The van der Waals surface area contributed by atoms with Crippen LogP contribution in [-0.4, -0.2) is 16.8 Å². The van der Waals surface area contributed by atoms with Gasteiger partial charge in [-0.25, -0.2) is 4.98 Å². The third-order valence-corrected chi connectivity index (χ3v) is 8.12. The number of para-hydroxylation sites is 1. The van der Waals surface area contributed by atoms with E-state index in [2.05, 4.69) is 51.2 Å².